The minimum Gasteiger partial charge on any atom is -0.367 e. The summed E-state index contributed by atoms with van der Waals surface area (Å²) >= 11 is 0. The van der Waals surface area contributed by atoms with Gasteiger partial charge >= 0.3 is 0 Å². The predicted molar refractivity (Wildman–Crippen MR) is 73.8 cm³/mol. The van der Waals surface area contributed by atoms with Crippen LogP contribution in [0.25, 0.3) is 0 Å². The van der Waals surface area contributed by atoms with Gasteiger partial charge in [-0.1, -0.05) is 41.9 Å². The molecule has 1 aromatic carbocycles. The van der Waals surface area contributed by atoms with Crippen molar-refractivity contribution < 1.29 is 9.26 Å². The molecule has 106 valence electrons. The molecule has 0 saturated carbocycles. The van der Waals surface area contributed by atoms with Crippen LogP contribution in [0.2, 0.25) is 0 Å². The van der Waals surface area contributed by atoms with Crippen LogP contribution in [0.3, 0.4) is 0 Å². The van der Waals surface area contributed by atoms with Gasteiger partial charge < -0.3 is 14.6 Å². The van der Waals surface area contributed by atoms with E-state index >= 15 is 0 Å². The van der Waals surface area contributed by atoms with E-state index in [4.69, 9.17) is 9.26 Å². The second-order valence-corrected chi connectivity index (χ2v) is 5.03. The summed E-state index contributed by atoms with van der Waals surface area (Å²) in [4.78, 5) is 4.40. The third-order valence-corrected chi connectivity index (χ3v) is 3.44. The smallest absolute Gasteiger partial charge is 0.252 e. The van der Waals surface area contributed by atoms with E-state index in [-0.39, 0.29) is 6.04 Å². The lowest BCUT2D eigenvalue weighted by atomic mass is 10.0. The number of aromatic nitrogens is 2. The average Bonchev–Trinajstić information content (AvgIpc) is 2.98. The number of rotatable bonds is 5. The molecule has 0 aliphatic carbocycles. The molecule has 3 rings (SSSR count). The van der Waals surface area contributed by atoms with E-state index in [9.17, 15) is 0 Å². The number of hydrogen-bond donors (Lipinski definition) is 1. The van der Waals surface area contributed by atoms with Gasteiger partial charge in [0.25, 0.3) is 5.89 Å². The fourth-order valence-corrected chi connectivity index (χ4v) is 2.37. The molecule has 1 aliphatic heterocycles. The number of piperidine rings is 1. The summed E-state index contributed by atoms with van der Waals surface area (Å²) in [6.07, 6.45) is 3.51. The van der Waals surface area contributed by atoms with E-state index < -0.39 is 0 Å². The first-order chi connectivity index (χ1) is 9.92. The lowest BCUT2D eigenvalue weighted by Gasteiger charge is -2.19. The molecule has 1 unspecified atom stereocenters. The fraction of sp³-hybridized carbons (Fsp3) is 0.467. The first-order valence-electron chi connectivity index (χ1n) is 7.09. The third kappa shape index (κ3) is 3.43. The zero-order valence-corrected chi connectivity index (χ0v) is 11.4. The maximum absolute atomic E-state index is 5.59. The average molecular weight is 273 g/mol. The first-order valence-corrected chi connectivity index (χ1v) is 7.09. The molecule has 1 aromatic heterocycles. The van der Waals surface area contributed by atoms with Crippen LogP contribution >= 0.6 is 0 Å². The Labute approximate surface area is 118 Å². The van der Waals surface area contributed by atoms with Gasteiger partial charge in [-0.25, -0.2) is 0 Å². The molecular formula is C15H19N3O2. The number of nitrogens with zero attached hydrogens (tertiary/aromatic N) is 2. The van der Waals surface area contributed by atoms with Crippen molar-refractivity contribution in [2.24, 2.45) is 0 Å². The summed E-state index contributed by atoms with van der Waals surface area (Å²) in [6, 6.07) is 10.3. The molecule has 2 heterocycles. The van der Waals surface area contributed by atoms with E-state index in [2.05, 4.69) is 15.5 Å². The minimum absolute atomic E-state index is 0.232. The van der Waals surface area contributed by atoms with Crippen LogP contribution < -0.4 is 5.32 Å². The summed E-state index contributed by atoms with van der Waals surface area (Å²) in [7, 11) is 0. The molecular weight excluding hydrogens is 254 g/mol. The van der Waals surface area contributed by atoms with E-state index in [0.717, 1.165) is 24.4 Å². The Hall–Kier alpha value is -1.72. The third-order valence-electron chi connectivity index (χ3n) is 3.44. The van der Waals surface area contributed by atoms with Gasteiger partial charge in [-0.3, -0.25) is 0 Å². The summed E-state index contributed by atoms with van der Waals surface area (Å²) in [6.45, 7) is 1.94. The topological polar surface area (TPSA) is 60.2 Å². The highest BCUT2D eigenvalue weighted by Crippen LogP contribution is 2.20. The van der Waals surface area contributed by atoms with Gasteiger partial charge in [-0.05, 0) is 24.9 Å². The first kappa shape index (κ1) is 13.3. The monoisotopic (exact) mass is 273 g/mol. The molecule has 1 atom stereocenters. The summed E-state index contributed by atoms with van der Waals surface area (Å²) in [5, 5.41) is 7.44. The van der Waals surface area contributed by atoms with E-state index in [1.165, 1.54) is 12.8 Å². The van der Waals surface area contributed by atoms with Crippen LogP contribution in [0.15, 0.2) is 34.9 Å². The van der Waals surface area contributed by atoms with Crippen LogP contribution in [0.5, 0.6) is 0 Å². The number of hydrogen-bond acceptors (Lipinski definition) is 5. The molecule has 0 spiro atoms. The largest absolute Gasteiger partial charge is 0.367 e. The van der Waals surface area contributed by atoms with Crippen LogP contribution in [-0.2, 0) is 18.0 Å². The quantitative estimate of drug-likeness (QED) is 0.907. The highest BCUT2D eigenvalue weighted by atomic mass is 16.5. The van der Waals surface area contributed by atoms with Crippen molar-refractivity contribution in [2.75, 3.05) is 6.54 Å². The van der Waals surface area contributed by atoms with Gasteiger partial charge in [-0.15, -0.1) is 0 Å². The van der Waals surface area contributed by atoms with E-state index in [1.54, 1.807) is 0 Å². The predicted octanol–water partition coefficient (Wildman–Crippen LogP) is 2.60. The molecule has 5 heteroatoms. The van der Waals surface area contributed by atoms with Crippen molar-refractivity contribution in [3.63, 3.8) is 0 Å². The van der Waals surface area contributed by atoms with E-state index in [1.807, 2.05) is 30.3 Å². The molecule has 0 radical (unpaired) electrons. The van der Waals surface area contributed by atoms with Crippen molar-refractivity contribution in [3.05, 3.63) is 47.6 Å². The van der Waals surface area contributed by atoms with Crippen molar-refractivity contribution in [3.8, 4) is 0 Å². The lowest BCUT2D eigenvalue weighted by molar-refractivity contribution is 0.0850. The normalized spacial score (nSPS) is 19.1. The van der Waals surface area contributed by atoms with Crippen LogP contribution in [0.1, 0.15) is 42.6 Å². The summed E-state index contributed by atoms with van der Waals surface area (Å²) < 4.78 is 10.8. The number of nitrogens with one attached hydrogen (secondary N) is 1. The van der Waals surface area contributed by atoms with Crippen molar-refractivity contribution in [1.29, 1.82) is 0 Å². The molecule has 5 nitrogen and oxygen atoms in total. The van der Waals surface area contributed by atoms with Crippen LogP contribution in [0.4, 0.5) is 0 Å². The number of ether oxygens (including phenoxy) is 1. The molecule has 0 amide bonds. The van der Waals surface area contributed by atoms with Gasteiger partial charge in [0, 0.05) is 0 Å². The van der Waals surface area contributed by atoms with Gasteiger partial charge in [-0.2, -0.15) is 4.98 Å². The minimum atomic E-state index is 0.232. The Morgan fingerprint density at radius 2 is 2.10 bits per heavy atom. The van der Waals surface area contributed by atoms with Crippen LogP contribution in [0, 0.1) is 0 Å². The van der Waals surface area contributed by atoms with Crippen molar-refractivity contribution in [1.82, 2.24) is 15.5 Å². The zero-order valence-electron chi connectivity index (χ0n) is 11.4. The zero-order chi connectivity index (χ0) is 13.6. The Kier molecular flexibility index (Phi) is 4.40. The molecule has 2 aromatic rings. The summed E-state index contributed by atoms with van der Waals surface area (Å²) in [5.41, 5.74) is 1.14. The standard InChI is InChI=1S/C15H19N3O2/c1-2-6-12(7-3-1)10-19-11-14-17-15(18-20-14)13-8-4-5-9-16-13/h1-3,6-7,13,16H,4-5,8-11H2. The SMILES string of the molecule is c1ccc(COCc2nc(C3CCCCN3)no2)cc1. The van der Waals surface area contributed by atoms with Crippen molar-refractivity contribution in [2.45, 2.75) is 38.5 Å². The summed E-state index contributed by atoms with van der Waals surface area (Å²) in [5.74, 6) is 1.30. The molecule has 1 N–H and O–H groups in total. The fourth-order valence-electron chi connectivity index (χ4n) is 2.37. The van der Waals surface area contributed by atoms with Gasteiger partial charge in [0.1, 0.15) is 6.61 Å². The Bertz CT molecular complexity index is 521. The van der Waals surface area contributed by atoms with E-state index in [0.29, 0.717) is 19.1 Å². The molecule has 0 bridgehead atoms. The van der Waals surface area contributed by atoms with Gasteiger partial charge in [0.05, 0.1) is 12.6 Å². The highest BCUT2D eigenvalue weighted by Gasteiger charge is 2.20. The second-order valence-electron chi connectivity index (χ2n) is 5.03. The van der Waals surface area contributed by atoms with Crippen molar-refractivity contribution >= 4 is 0 Å². The molecule has 1 aliphatic rings. The maximum atomic E-state index is 5.59. The highest BCUT2D eigenvalue weighted by molar-refractivity contribution is 5.13. The molecule has 1 saturated heterocycles. The molecule has 20 heavy (non-hydrogen) atoms. The van der Waals surface area contributed by atoms with Crippen LogP contribution in [-0.4, -0.2) is 16.7 Å². The lowest BCUT2D eigenvalue weighted by Crippen LogP contribution is -2.27. The van der Waals surface area contributed by atoms with Gasteiger partial charge in [0.15, 0.2) is 5.82 Å². The Balaban J connectivity index is 1.50. The maximum Gasteiger partial charge on any atom is 0.252 e. The second kappa shape index (κ2) is 6.63. The van der Waals surface area contributed by atoms with Gasteiger partial charge in [0.2, 0.25) is 0 Å². The Morgan fingerprint density at radius 1 is 1.20 bits per heavy atom. The Morgan fingerprint density at radius 3 is 2.90 bits per heavy atom. The molecule has 1 fully saturated rings. The number of benzene rings is 1.